The van der Waals surface area contributed by atoms with Gasteiger partial charge in [-0.05, 0) is 48.4 Å². The molecule has 2 rings (SSSR count). The molecule has 0 heterocycles. The van der Waals surface area contributed by atoms with Crippen molar-refractivity contribution in [2.75, 3.05) is 6.61 Å². The molecule has 0 amide bonds. The topological polar surface area (TPSA) is 52.6 Å². The lowest BCUT2D eigenvalue weighted by molar-refractivity contribution is -0.146. The van der Waals surface area contributed by atoms with Crippen LogP contribution in [0.5, 0.6) is 5.75 Å². The number of carbonyl (C=O) groups excluding carboxylic acids is 2. The van der Waals surface area contributed by atoms with Gasteiger partial charge in [0.25, 0.3) is 0 Å². The summed E-state index contributed by atoms with van der Waals surface area (Å²) in [6.07, 6.45) is 0. The van der Waals surface area contributed by atoms with Crippen LogP contribution in [0.4, 0.5) is 4.79 Å². The number of ether oxygens (including phenoxy) is 2. The summed E-state index contributed by atoms with van der Waals surface area (Å²) >= 11 is 0.977. The van der Waals surface area contributed by atoms with E-state index in [0.717, 1.165) is 17.3 Å². The Labute approximate surface area is 152 Å². The van der Waals surface area contributed by atoms with Gasteiger partial charge in [-0.3, -0.25) is 4.79 Å². The predicted molar refractivity (Wildman–Crippen MR) is 99.0 cm³/mol. The van der Waals surface area contributed by atoms with Gasteiger partial charge in [-0.15, -0.1) is 0 Å². The molecule has 1 atom stereocenters. The molecule has 0 bridgehead atoms. The zero-order chi connectivity index (χ0) is 18.2. The van der Waals surface area contributed by atoms with E-state index in [-0.39, 0.29) is 11.9 Å². The van der Waals surface area contributed by atoms with E-state index < -0.39 is 11.2 Å². The van der Waals surface area contributed by atoms with Gasteiger partial charge >= 0.3 is 11.3 Å². The molecular formula is C20H22O4S. The molecule has 0 saturated heterocycles. The number of thioether (sulfide) groups is 1. The van der Waals surface area contributed by atoms with Crippen LogP contribution < -0.4 is 4.74 Å². The Kier molecular flexibility index (Phi) is 7.07. The highest BCUT2D eigenvalue weighted by Crippen LogP contribution is 2.34. The summed E-state index contributed by atoms with van der Waals surface area (Å²) in [6, 6.07) is 16.3. The average molecular weight is 358 g/mol. The van der Waals surface area contributed by atoms with Gasteiger partial charge in [-0.1, -0.05) is 50.2 Å². The van der Waals surface area contributed by atoms with Crippen molar-refractivity contribution in [1.29, 1.82) is 0 Å². The molecule has 0 aliphatic carbocycles. The molecular weight excluding hydrogens is 336 g/mol. The first kappa shape index (κ1) is 19.1. The van der Waals surface area contributed by atoms with Crippen LogP contribution in [0.3, 0.4) is 0 Å². The lowest BCUT2D eigenvalue weighted by Crippen LogP contribution is -2.21. The number of para-hydroxylation sites is 1. The van der Waals surface area contributed by atoms with Crippen LogP contribution in [0.15, 0.2) is 59.5 Å². The molecule has 0 aromatic heterocycles. The summed E-state index contributed by atoms with van der Waals surface area (Å²) in [5.74, 6) is -0.163. The molecule has 0 fully saturated rings. The number of esters is 1. The molecule has 25 heavy (non-hydrogen) atoms. The second kappa shape index (κ2) is 9.28. The Morgan fingerprint density at radius 2 is 1.64 bits per heavy atom. The molecule has 0 radical (unpaired) electrons. The Morgan fingerprint density at radius 3 is 2.28 bits per heavy atom. The monoisotopic (exact) mass is 358 g/mol. The van der Waals surface area contributed by atoms with Gasteiger partial charge in [0.05, 0.1) is 12.5 Å². The second-order valence-corrected chi connectivity index (χ2v) is 6.76. The number of rotatable bonds is 6. The molecule has 0 aliphatic heterocycles. The summed E-state index contributed by atoms with van der Waals surface area (Å²) in [5.41, 5.74) is 0.783. The minimum Gasteiger partial charge on any atom is -0.466 e. The molecule has 0 N–H and O–H groups in total. The highest BCUT2D eigenvalue weighted by molar-refractivity contribution is 8.13. The number of hydrogen-bond acceptors (Lipinski definition) is 5. The molecule has 5 heteroatoms. The summed E-state index contributed by atoms with van der Waals surface area (Å²) in [5, 5.41) is -0.440. The first-order chi connectivity index (χ1) is 12.0. The molecule has 4 nitrogen and oxygen atoms in total. The fourth-order valence-corrected chi connectivity index (χ4v) is 3.29. The third-order valence-corrected chi connectivity index (χ3v) is 4.44. The van der Waals surface area contributed by atoms with E-state index in [1.807, 2.05) is 44.2 Å². The average Bonchev–Trinajstić information content (AvgIpc) is 2.57. The maximum absolute atomic E-state index is 12.4. The van der Waals surface area contributed by atoms with E-state index in [2.05, 4.69) is 0 Å². The first-order valence-corrected chi connectivity index (χ1v) is 9.04. The van der Waals surface area contributed by atoms with Crippen LogP contribution >= 0.6 is 11.8 Å². The van der Waals surface area contributed by atoms with E-state index in [1.165, 1.54) is 0 Å². The quantitative estimate of drug-likeness (QED) is 0.519. The zero-order valence-corrected chi connectivity index (χ0v) is 15.4. The van der Waals surface area contributed by atoms with E-state index in [0.29, 0.717) is 17.3 Å². The highest BCUT2D eigenvalue weighted by Gasteiger charge is 2.28. The van der Waals surface area contributed by atoms with Crippen molar-refractivity contribution >= 4 is 23.0 Å². The van der Waals surface area contributed by atoms with Gasteiger partial charge in [0.15, 0.2) is 0 Å². The molecule has 132 valence electrons. The van der Waals surface area contributed by atoms with E-state index >= 15 is 0 Å². The van der Waals surface area contributed by atoms with Crippen molar-refractivity contribution in [2.45, 2.75) is 31.6 Å². The standard InChI is InChI=1S/C20H22O4S/c1-4-23-19(21)18(14(2)3)16-12-8-9-13-17(16)25-20(22)24-15-10-6-5-7-11-15/h5-14,18H,4H2,1-3H3. The fraction of sp³-hybridized carbons (Fsp3) is 0.300. The minimum absolute atomic E-state index is 0.0472. The first-order valence-electron chi connectivity index (χ1n) is 8.23. The van der Waals surface area contributed by atoms with Gasteiger partial charge < -0.3 is 9.47 Å². The summed E-state index contributed by atoms with van der Waals surface area (Å²) in [7, 11) is 0. The largest absolute Gasteiger partial charge is 0.466 e. The molecule has 2 aromatic rings. The SMILES string of the molecule is CCOC(=O)C(c1ccccc1SC(=O)Oc1ccccc1)C(C)C. The number of hydrogen-bond donors (Lipinski definition) is 0. The van der Waals surface area contributed by atoms with Crippen LogP contribution in [0, 0.1) is 5.92 Å². The summed E-state index contributed by atoms with van der Waals surface area (Å²) in [6.45, 7) is 6.04. The molecule has 2 aromatic carbocycles. The highest BCUT2D eigenvalue weighted by atomic mass is 32.2. The van der Waals surface area contributed by atoms with Crippen LogP contribution in [-0.4, -0.2) is 17.9 Å². The Hall–Kier alpha value is -2.27. The number of benzene rings is 2. The van der Waals surface area contributed by atoms with Crippen LogP contribution in [-0.2, 0) is 9.53 Å². The molecule has 0 spiro atoms. The third kappa shape index (κ3) is 5.36. The van der Waals surface area contributed by atoms with Gasteiger partial charge in [0.1, 0.15) is 5.75 Å². The van der Waals surface area contributed by atoms with E-state index in [9.17, 15) is 9.59 Å². The van der Waals surface area contributed by atoms with Gasteiger partial charge in [0.2, 0.25) is 0 Å². The lowest BCUT2D eigenvalue weighted by Gasteiger charge is -2.21. The van der Waals surface area contributed by atoms with Gasteiger partial charge in [-0.25, -0.2) is 4.79 Å². The van der Waals surface area contributed by atoms with Crippen LogP contribution in [0.25, 0.3) is 0 Å². The van der Waals surface area contributed by atoms with E-state index in [1.54, 1.807) is 31.2 Å². The normalized spacial score (nSPS) is 11.8. The van der Waals surface area contributed by atoms with Gasteiger partial charge in [0, 0.05) is 4.90 Å². The van der Waals surface area contributed by atoms with E-state index in [4.69, 9.17) is 9.47 Å². The maximum atomic E-state index is 12.4. The zero-order valence-electron chi connectivity index (χ0n) is 14.6. The van der Waals surface area contributed by atoms with Crippen molar-refractivity contribution in [3.8, 4) is 5.75 Å². The summed E-state index contributed by atoms with van der Waals surface area (Å²) < 4.78 is 10.5. The Balaban J connectivity index is 2.21. The smallest absolute Gasteiger partial charge is 0.377 e. The van der Waals surface area contributed by atoms with Crippen molar-refractivity contribution in [2.24, 2.45) is 5.92 Å². The molecule has 0 saturated carbocycles. The maximum Gasteiger partial charge on any atom is 0.377 e. The predicted octanol–water partition coefficient (Wildman–Crippen LogP) is 5.28. The van der Waals surface area contributed by atoms with Crippen molar-refractivity contribution in [3.05, 3.63) is 60.2 Å². The molecule has 1 unspecified atom stereocenters. The van der Waals surface area contributed by atoms with Crippen molar-refractivity contribution in [3.63, 3.8) is 0 Å². The molecule has 0 aliphatic rings. The minimum atomic E-state index is -0.440. The van der Waals surface area contributed by atoms with Crippen molar-refractivity contribution < 1.29 is 19.1 Å². The van der Waals surface area contributed by atoms with Crippen LogP contribution in [0.2, 0.25) is 0 Å². The third-order valence-electron chi connectivity index (χ3n) is 3.60. The Morgan fingerprint density at radius 1 is 1.00 bits per heavy atom. The Bertz CT molecular complexity index is 713. The van der Waals surface area contributed by atoms with Crippen LogP contribution in [0.1, 0.15) is 32.3 Å². The summed E-state index contributed by atoms with van der Waals surface area (Å²) in [4.78, 5) is 25.3. The second-order valence-electron chi connectivity index (χ2n) is 5.78. The lowest BCUT2D eigenvalue weighted by atomic mass is 9.88. The van der Waals surface area contributed by atoms with Gasteiger partial charge in [-0.2, -0.15) is 0 Å². The number of carbonyl (C=O) groups is 2. The van der Waals surface area contributed by atoms with Crippen molar-refractivity contribution in [1.82, 2.24) is 0 Å². The fourth-order valence-electron chi connectivity index (χ4n) is 2.52.